The molecule has 0 radical (unpaired) electrons. The summed E-state index contributed by atoms with van der Waals surface area (Å²) in [5, 5.41) is 11.7. The molecule has 1 aromatic rings. The predicted octanol–water partition coefficient (Wildman–Crippen LogP) is 4.21. The Morgan fingerprint density at radius 3 is 2.87 bits per heavy atom. The van der Waals surface area contributed by atoms with Crippen molar-refractivity contribution in [2.45, 2.75) is 51.5 Å². The van der Waals surface area contributed by atoms with E-state index >= 15 is 0 Å². The highest BCUT2D eigenvalue weighted by molar-refractivity contribution is 7.99. The first-order valence-electron chi connectivity index (χ1n) is 11.1. The van der Waals surface area contributed by atoms with Crippen molar-refractivity contribution in [1.82, 2.24) is 20.2 Å². The van der Waals surface area contributed by atoms with E-state index < -0.39 is 0 Å². The third kappa shape index (κ3) is 6.59. The monoisotopic (exact) mass is 439 g/mol. The molecule has 1 aliphatic heterocycles. The molecule has 7 heteroatoms. The van der Waals surface area contributed by atoms with Crippen molar-refractivity contribution in [1.29, 1.82) is 5.26 Å². The van der Waals surface area contributed by atoms with Crippen LogP contribution in [0.25, 0.3) is 0 Å². The Kier molecular flexibility index (Phi) is 8.56. The van der Waals surface area contributed by atoms with Gasteiger partial charge in [0.05, 0.1) is 6.20 Å². The third-order valence-electron chi connectivity index (χ3n) is 6.07. The van der Waals surface area contributed by atoms with Gasteiger partial charge in [0.2, 0.25) is 0 Å². The number of thioether (sulfide) groups is 1. The van der Waals surface area contributed by atoms with E-state index in [9.17, 15) is 4.79 Å². The normalized spacial score (nSPS) is 18.6. The molecule has 1 saturated heterocycles. The fraction of sp³-hybridized carbons (Fsp3) is 0.542. The third-order valence-corrected chi connectivity index (χ3v) is 7.01. The van der Waals surface area contributed by atoms with Crippen molar-refractivity contribution in [3.8, 4) is 6.07 Å². The summed E-state index contributed by atoms with van der Waals surface area (Å²) in [5.74, 6) is 2.21. The van der Waals surface area contributed by atoms with Crippen LogP contribution in [0.3, 0.4) is 0 Å². The van der Waals surface area contributed by atoms with Crippen LogP contribution in [0.1, 0.15) is 62.3 Å². The van der Waals surface area contributed by atoms with Crippen LogP contribution in [-0.2, 0) is 0 Å². The first kappa shape index (κ1) is 23.4. The Hall–Kier alpha value is -2.30. The zero-order valence-electron chi connectivity index (χ0n) is 18.6. The lowest BCUT2D eigenvalue weighted by atomic mass is 9.88. The summed E-state index contributed by atoms with van der Waals surface area (Å²) in [6.07, 6.45) is 16.3. The number of nitrogens with one attached hydrogen (secondary N) is 2. The number of nitriles is 1. The van der Waals surface area contributed by atoms with E-state index in [1.807, 2.05) is 23.9 Å². The summed E-state index contributed by atoms with van der Waals surface area (Å²) in [5.41, 5.74) is 3.07. The molecule has 0 aromatic carbocycles. The number of nitrogens with zero attached hydrogens (tertiary/aromatic N) is 3. The number of aromatic nitrogens is 2. The highest BCUT2D eigenvalue weighted by Gasteiger charge is 2.30. The van der Waals surface area contributed by atoms with Crippen molar-refractivity contribution < 1.29 is 4.79 Å². The Morgan fingerprint density at radius 2 is 2.19 bits per heavy atom. The smallest absolute Gasteiger partial charge is 0.287 e. The molecule has 31 heavy (non-hydrogen) atoms. The van der Waals surface area contributed by atoms with Crippen LogP contribution in [0.4, 0.5) is 0 Å². The zero-order chi connectivity index (χ0) is 22.1. The van der Waals surface area contributed by atoms with Crippen LogP contribution >= 0.6 is 11.8 Å². The predicted molar refractivity (Wildman–Crippen MR) is 127 cm³/mol. The molecule has 1 aliphatic carbocycles. The fourth-order valence-electron chi connectivity index (χ4n) is 4.07. The average Bonchev–Trinajstić information content (AvgIpc) is 3.29. The van der Waals surface area contributed by atoms with E-state index in [4.69, 9.17) is 5.26 Å². The molecule has 2 N–H and O–H groups in total. The van der Waals surface area contributed by atoms with E-state index in [2.05, 4.69) is 52.3 Å². The highest BCUT2D eigenvalue weighted by Crippen LogP contribution is 2.30. The maximum Gasteiger partial charge on any atom is 0.287 e. The van der Waals surface area contributed by atoms with Gasteiger partial charge in [-0.1, -0.05) is 29.9 Å². The molecule has 6 nitrogen and oxygen atoms in total. The average molecular weight is 440 g/mol. The summed E-state index contributed by atoms with van der Waals surface area (Å²) in [7, 11) is 0. The standard InChI is InChI=1S/C24H33N5OS/c1-24(2,29-13-15-31-16-14-29)20(11-10-19-7-4-3-5-8-19)9-6-12-26-23(30)22-27-18-21(17-25)28-22/h6-7,9,11,18H,3-5,8,10,12-16H2,1-2H3,(H,26,30)(H,27,28)/b9-6-,20-11+. The van der Waals surface area contributed by atoms with E-state index in [1.165, 1.54) is 49.0 Å². The number of hydrogen-bond acceptors (Lipinski definition) is 5. The van der Waals surface area contributed by atoms with E-state index in [-0.39, 0.29) is 23.0 Å². The largest absolute Gasteiger partial charge is 0.346 e. The van der Waals surface area contributed by atoms with Gasteiger partial charge in [-0.2, -0.15) is 17.0 Å². The summed E-state index contributed by atoms with van der Waals surface area (Å²) in [6, 6.07) is 1.94. The molecule has 0 atom stereocenters. The van der Waals surface area contributed by atoms with Gasteiger partial charge in [0, 0.05) is 36.7 Å². The number of carbonyl (C=O) groups excluding carboxylic acids is 1. The number of carbonyl (C=O) groups is 1. The lowest BCUT2D eigenvalue weighted by Crippen LogP contribution is -2.49. The molecule has 3 rings (SSSR count). The van der Waals surface area contributed by atoms with Crippen LogP contribution < -0.4 is 5.32 Å². The molecule has 1 fully saturated rings. The molecular weight excluding hydrogens is 406 g/mol. The maximum atomic E-state index is 12.2. The Bertz CT molecular complexity index is 884. The van der Waals surface area contributed by atoms with Crippen molar-refractivity contribution in [2.75, 3.05) is 31.1 Å². The lowest BCUT2D eigenvalue weighted by Gasteiger charge is -2.42. The number of hydrogen-bond donors (Lipinski definition) is 2. The van der Waals surface area contributed by atoms with Gasteiger partial charge in [-0.15, -0.1) is 0 Å². The van der Waals surface area contributed by atoms with Gasteiger partial charge in [-0.05, 0) is 51.5 Å². The number of H-pyrrole nitrogens is 1. The molecule has 0 spiro atoms. The van der Waals surface area contributed by atoms with Crippen LogP contribution in [0.5, 0.6) is 0 Å². The topological polar surface area (TPSA) is 84.8 Å². The lowest BCUT2D eigenvalue weighted by molar-refractivity contribution is 0.0948. The number of imidazole rings is 1. The summed E-state index contributed by atoms with van der Waals surface area (Å²) >= 11 is 2.02. The highest BCUT2D eigenvalue weighted by atomic mass is 32.2. The van der Waals surface area contributed by atoms with Crippen molar-refractivity contribution in [2.24, 2.45) is 0 Å². The second-order valence-electron chi connectivity index (χ2n) is 8.50. The maximum absolute atomic E-state index is 12.2. The van der Waals surface area contributed by atoms with Crippen molar-refractivity contribution >= 4 is 17.7 Å². The second-order valence-corrected chi connectivity index (χ2v) is 9.72. The molecule has 1 amide bonds. The first-order valence-corrected chi connectivity index (χ1v) is 12.3. The van der Waals surface area contributed by atoms with E-state index in [1.54, 1.807) is 5.57 Å². The van der Waals surface area contributed by atoms with Gasteiger partial charge in [-0.25, -0.2) is 4.98 Å². The molecular formula is C24H33N5OS. The summed E-state index contributed by atoms with van der Waals surface area (Å²) in [6.45, 7) is 7.22. The van der Waals surface area contributed by atoms with E-state index in [0.29, 0.717) is 6.54 Å². The van der Waals surface area contributed by atoms with Crippen LogP contribution in [-0.4, -0.2) is 57.5 Å². The SMILES string of the molecule is CC(C)(C(/C=C\CNC(=O)c1ncc(C#N)[nH]1)=C/CC1=CCCCC1)N1CCSCC1. The first-order chi connectivity index (χ1) is 15.0. The Labute approximate surface area is 189 Å². The molecule has 2 heterocycles. The number of rotatable bonds is 8. The quantitative estimate of drug-likeness (QED) is 0.468. The zero-order valence-corrected chi connectivity index (χ0v) is 19.4. The number of aromatic amines is 1. The Morgan fingerprint density at radius 1 is 1.39 bits per heavy atom. The van der Waals surface area contributed by atoms with Gasteiger partial charge >= 0.3 is 0 Å². The number of allylic oxidation sites excluding steroid dienone is 3. The molecule has 1 aromatic heterocycles. The minimum Gasteiger partial charge on any atom is -0.346 e. The molecule has 2 aliphatic rings. The molecule has 166 valence electrons. The summed E-state index contributed by atoms with van der Waals surface area (Å²) in [4.78, 5) is 21.4. The van der Waals surface area contributed by atoms with Gasteiger partial charge < -0.3 is 10.3 Å². The van der Waals surface area contributed by atoms with Crippen molar-refractivity contribution in [3.05, 3.63) is 53.2 Å². The van der Waals surface area contributed by atoms with E-state index in [0.717, 1.165) is 19.5 Å². The van der Waals surface area contributed by atoms with Gasteiger partial charge in [-0.3, -0.25) is 9.69 Å². The van der Waals surface area contributed by atoms with Crippen molar-refractivity contribution in [3.63, 3.8) is 0 Å². The van der Waals surface area contributed by atoms with Crippen LogP contribution in [0.15, 0.2) is 41.6 Å². The molecule has 0 bridgehead atoms. The minimum absolute atomic E-state index is 0.0561. The van der Waals surface area contributed by atoms with Crippen LogP contribution in [0.2, 0.25) is 0 Å². The molecule has 0 unspecified atom stereocenters. The minimum atomic E-state index is -0.309. The van der Waals surface area contributed by atoms with Crippen LogP contribution in [0, 0.1) is 11.3 Å². The fourth-order valence-corrected chi connectivity index (χ4v) is 4.98. The summed E-state index contributed by atoms with van der Waals surface area (Å²) < 4.78 is 0. The number of amides is 1. The Balaban J connectivity index is 1.66. The second kappa shape index (κ2) is 11.4. The van der Waals surface area contributed by atoms with Gasteiger partial charge in [0.1, 0.15) is 11.8 Å². The van der Waals surface area contributed by atoms with Gasteiger partial charge in [0.25, 0.3) is 5.91 Å². The van der Waals surface area contributed by atoms with Gasteiger partial charge in [0.15, 0.2) is 5.82 Å². The molecule has 0 saturated carbocycles.